The van der Waals surface area contributed by atoms with Crippen molar-refractivity contribution in [2.24, 2.45) is 0 Å². The van der Waals surface area contributed by atoms with Crippen LogP contribution in [-0.2, 0) is 20.0 Å². The molecule has 1 aliphatic heterocycles. The predicted octanol–water partition coefficient (Wildman–Crippen LogP) is 1.72. The number of hydrogen-bond donors (Lipinski definition) is 1. The number of amides is 1. The van der Waals surface area contributed by atoms with Gasteiger partial charge in [0, 0.05) is 6.04 Å². The normalized spacial score (nSPS) is 29.0. The quantitative estimate of drug-likeness (QED) is 0.925. The van der Waals surface area contributed by atoms with E-state index in [0.29, 0.717) is 6.42 Å². The lowest BCUT2D eigenvalue weighted by Gasteiger charge is -2.21. The van der Waals surface area contributed by atoms with Gasteiger partial charge in [-0.25, -0.2) is 8.42 Å². The maximum Gasteiger partial charge on any atom is 0.230 e. The standard InChI is InChI=1S/C16H21NO3S/c1-11-4-3-5-13(10-11)16(7-8-16)15(18)17-14-6-9-21(19,20)12(14)2/h3-5,10,12,14H,6-9H2,1-2H3,(H,17,18)/t12-,14-/m0/s1. The number of carbonyl (C=O) groups is 1. The molecule has 21 heavy (non-hydrogen) atoms. The maximum atomic E-state index is 12.6. The number of carbonyl (C=O) groups excluding carboxylic acids is 1. The van der Waals surface area contributed by atoms with E-state index >= 15 is 0 Å². The molecule has 1 aliphatic carbocycles. The third-order valence-electron chi connectivity index (χ3n) is 4.92. The van der Waals surface area contributed by atoms with E-state index in [9.17, 15) is 13.2 Å². The summed E-state index contributed by atoms with van der Waals surface area (Å²) in [6.07, 6.45) is 2.21. The van der Waals surface area contributed by atoms with E-state index < -0.39 is 20.5 Å². The second-order valence-corrected chi connectivity index (χ2v) is 8.87. The highest BCUT2D eigenvalue weighted by Gasteiger charge is 2.52. The smallest absolute Gasteiger partial charge is 0.230 e. The zero-order valence-electron chi connectivity index (χ0n) is 12.4. The van der Waals surface area contributed by atoms with Crippen molar-refractivity contribution >= 4 is 15.7 Å². The average molecular weight is 307 g/mol. The van der Waals surface area contributed by atoms with Gasteiger partial charge in [-0.3, -0.25) is 4.79 Å². The molecule has 0 radical (unpaired) electrons. The number of sulfone groups is 1. The molecule has 2 aliphatic rings. The summed E-state index contributed by atoms with van der Waals surface area (Å²) in [7, 11) is -3.03. The fraction of sp³-hybridized carbons (Fsp3) is 0.562. The van der Waals surface area contributed by atoms with Gasteiger partial charge in [0.1, 0.15) is 0 Å². The monoisotopic (exact) mass is 307 g/mol. The van der Waals surface area contributed by atoms with Crippen LogP contribution < -0.4 is 5.32 Å². The molecule has 0 unspecified atom stereocenters. The number of aryl methyl sites for hydroxylation is 1. The van der Waals surface area contributed by atoms with E-state index in [1.807, 2.05) is 25.1 Å². The lowest BCUT2D eigenvalue weighted by Crippen LogP contribution is -2.45. The Morgan fingerprint density at radius 1 is 1.33 bits per heavy atom. The molecule has 1 N–H and O–H groups in total. The van der Waals surface area contributed by atoms with Gasteiger partial charge in [-0.1, -0.05) is 29.8 Å². The molecule has 1 amide bonds. The number of benzene rings is 1. The topological polar surface area (TPSA) is 63.2 Å². The first kappa shape index (κ1) is 14.6. The third kappa shape index (κ3) is 2.48. The van der Waals surface area contributed by atoms with Gasteiger partial charge in [0.25, 0.3) is 0 Å². The van der Waals surface area contributed by atoms with Crippen molar-refractivity contribution < 1.29 is 13.2 Å². The van der Waals surface area contributed by atoms with Crippen LogP contribution >= 0.6 is 0 Å². The Bertz CT molecular complexity index is 677. The van der Waals surface area contributed by atoms with Crippen LogP contribution in [0.3, 0.4) is 0 Å². The van der Waals surface area contributed by atoms with Crippen molar-refractivity contribution in [1.82, 2.24) is 5.32 Å². The predicted molar refractivity (Wildman–Crippen MR) is 81.9 cm³/mol. The fourth-order valence-corrected chi connectivity index (χ4v) is 4.83. The fourth-order valence-electron chi connectivity index (χ4n) is 3.17. The summed E-state index contributed by atoms with van der Waals surface area (Å²) < 4.78 is 23.6. The molecule has 0 spiro atoms. The molecule has 1 saturated heterocycles. The van der Waals surface area contributed by atoms with Crippen molar-refractivity contribution in [1.29, 1.82) is 0 Å². The second-order valence-electron chi connectivity index (χ2n) is 6.39. The van der Waals surface area contributed by atoms with Crippen molar-refractivity contribution in [3.8, 4) is 0 Å². The molecule has 1 saturated carbocycles. The lowest BCUT2D eigenvalue weighted by atomic mass is 9.93. The Kier molecular flexibility index (Phi) is 3.35. The molecule has 0 aromatic heterocycles. The summed E-state index contributed by atoms with van der Waals surface area (Å²) in [6.45, 7) is 3.71. The maximum absolute atomic E-state index is 12.6. The van der Waals surface area contributed by atoms with Crippen LogP contribution in [0.25, 0.3) is 0 Å². The van der Waals surface area contributed by atoms with Gasteiger partial charge in [0.15, 0.2) is 9.84 Å². The zero-order valence-corrected chi connectivity index (χ0v) is 13.2. The van der Waals surface area contributed by atoms with Crippen molar-refractivity contribution in [2.45, 2.75) is 49.8 Å². The third-order valence-corrected chi connectivity index (χ3v) is 7.18. The number of nitrogens with one attached hydrogen (secondary N) is 1. The summed E-state index contributed by atoms with van der Waals surface area (Å²) >= 11 is 0. The minimum atomic E-state index is -3.03. The molecule has 4 nitrogen and oxygen atoms in total. The molecule has 1 heterocycles. The van der Waals surface area contributed by atoms with Crippen molar-refractivity contribution in [3.63, 3.8) is 0 Å². The Morgan fingerprint density at radius 3 is 2.57 bits per heavy atom. The van der Waals surface area contributed by atoms with Crippen LogP contribution in [0.15, 0.2) is 24.3 Å². The summed E-state index contributed by atoms with van der Waals surface area (Å²) in [6, 6.07) is 7.80. The summed E-state index contributed by atoms with van der Waals surface area (Å²) in [5.41, 5.74) is 1.76. The molecule has 5 heteroatoms. The summed E-state index contributed by atoms with van der Waals surface area (Å²) in [5, 5.41) is 2.51. The largest absolute Gasteiger partial charge is 0.351 e. The van der Waals surface area contributed by atoms with E-state index in [4.69, 9.17) is 0 Å². The Labute approximate surface area is 125 Å². The lowest BCUT2D eigenvalue weighted by molar-refractivity contribution is -0.124. The minimum absolute atomic E-state index is 0.0120. The average Bonchev–Trinajstić information content (AvgIpc) is 3.19. The van der Waals surface area contributed by atoms with Crippen LogP contribution in [0.2, 0.25) is 0 Å². The van der Waals surface area contributed by atoms with Gasteiger partial charge >= 0.3 is 0 Å². The van der Waals surface area contributed by atoms with E-state index in [1.165, 1.54) is 0 Å². The number of rotatable bonds is 3. The van der Waals surface area contributed by atoms with Crippen LogP contribution in [-0.4, -0.2) is 31.4 Å². The second kappa shape index (κ2) is 4.83. The Balaban J connectivity index is 1.77. The van der Waals surface area contributed by atoms with Crippen LogP contribution in [0.5, 0.6) is 0 Å². The van der Waals surface area contributed by atoms with Gasteiger partial charge < -0.3 is 5.32 Å². The van der Waals surface area contributed by atoms with Gasteiger partial charge in [-0.2, -0.15) is 0 Å². The first-order valence-electron chi connectivity index (χ1n) is 7.45. The molecule has 114 valence electrons. The van der Waals surface area contributed by atoms with E-state index in [-0.39, 0.29) is 17.7 Å². The molecule has 3 rings (SSSR count). The van der Waals surface area contributed by atoms with Crippen LogP contribution in [0, 0.1) is 6.92 Å². The van der Waals surface area contributed by atoms with E-state index in [2.05, 4.69) is 11.4 Å². The van der Waals surface area contributed by atoms with E-state index in [0.717, 1.165) is 24.0 Å². The van der Waals surface area contributed by atoms with E-state index in [1.54, 1.807) is 6.92 Å². The minimum Gasteiger partial charge on any atom is -0.351 e. The van der Waals surface area contributed by atoms with Crippen LogP contribution in [0.4, 0.5) is 0 Å². The molecular formula is C16H21NO3S. The van der Waals surface area contributed by atoms with Gasteiger partial charge in [0.2, 0.25) is 5.91 Å². The Hall–Kier alpha value is -1.36. The van der Waals surface area contributed by atoms with Crippen LogP contribution in [0.1, 0.15) is 37.3 Å². The van der Waals surface area contributed by atoms with Gasteiger partial charge in [-0.15, -0.1) is 0 Å². The first-order valence-corrected chi connectivity index (χ1v) is 9.16. The van der Waals surface area contributed by atoms with Gasteiger partial charge in [0.05, 0.1) is 16.4 Å². The molecule has 1 aromatic rings. The number of hydrogen-bond acceptors (Lipinski definition) is 3. The molecule has 1 aromatic carbocycles. The van der Waals surface area contributed by atoms with Gasteiger partial charge in [-0.05, 0) is 38.7 Å². The highest BCUT2D eigenvalue weighted by Crippen LogP contribution is 2.48. The summed E-state index contributed by atoms with van der Waals surface area (Å²) in [4.78, 5) is 12.6. The zero-order chi connectivity index (χ0) is 15.3. The first-order chi connectivity index (χ1) is 9.85. The molecule has 2 fully saturated rings. The highest BCUT2D eigenvalue weighted by molar-refractivity contribution is 7.92. The van der Waals surface area contributed by atoms with Crippen molar-refractivity contribution in [2.75, 3.05) is 5.75 Å². The molecular weight excluding hydrogens is 286 g/mol. The molecule has 2 atom stereocenters. The highest BCUT2D eigenvalue weighted by atomic mass is 32.2. The Morgan fingerprint density at radius 2 is 2.05 bits per heavy atom. The van der Waals surface area contributed by atoms with Crippen molar-refractivity contribution in [3.05, 3.63) is 35.4 Å². The SMILES string of the molecule is Cc1cccc(C2(C(=O)N[C@H]3CCS(=O)(=O)[C@H]3C)CC2)c1. The molecule has 0 bridgehead atoms. The summed E-state index contributed by atoms with van der Waals surface area (Å²) in [5.74, 6) is 0.165.